The number of ether oxygens (including phenoxy) is 1. The highest BCUT2D eigenvalue weighted by Crippen LogP contribution is 2.33. The van der Waals surface area contributed by atoms with E-state index in [2.05, 4.69) is 4.98 Å². The van der Waals surface area contributed by atoms with Crippen LogP contribution in [0.2, 0.25) is 5.02 Å². The number of nitrogens with zero attached hydrogens (tertiary/aromatic N) is 2. The minimum Gasteiger partial charge on any atom is -0.376 e. The van der Waals surface area contributed by atoms with Gasteiger partial charge in [-0.2, -0.15) is 0 Å². The van der Waals surface area contributed by atoms with Crippen molar-refractivity contribution in [1.29, 1.82) is 0 Å². The van der Waals surface area contributed by atoms with E-state index in [-0.39, 0.29) is 12.0 Å². The molecule has 1 fully saturated rings. The SMILES string of the molecule is O=C(Cc1cccs1)N(CC1CCCO1)c1nc2c(Cl)cccc2s1. The maximum atomic E-state index is 13.0. The Morgan fingerprint density at radius 3 is 3.00 bits per heavy atom. The highest BCUT2D eigenvalue weighted by atomic mass is 35.5. The predicted molar refractivity (Wildman–Crippen MR) is 104 cm³/mol. The lowest BCUT2D eigenvalue weighted by Gasteiger charge is -2.22. The number of aromatic nitrogens is 1. The second-order valence-electron chi connectivity index (χ2n) is 5.98. The highest BCUT2D eigenvalue weighted by molar-refractivity contribution is 7.22. The van der Waals surface area contributed by atoms with Gasteiger partial charge in [0.25, 0.3) is 0 Å². The Balaban J connectivity index is 1.65. The molecule has 130 valence electrons. The molecule has 0 spiro atoms. The number of halogens is 1. The number of thiazole rings is 1. The summed E-state index contributed by atoms with van der Waals surface area (Å²) < 4.78 is 6.74. The van der Waals surface area contributed by atoms with Crippen molar-refractivity contribution >= 4 is 55.5 Å². The molecule has 0 saturated carbocycles. The van der Waals surface area contributed by atoms with Crippen molar-refractivity contribution in [3.05, 3.63) is 45.6 Å². The highest BCUT2D eigenvalue weighted by Gasteiger charge is 2.26. The van der Waals surface area contributed by atoms with Crippen molar-refractivity contribution in [1.82, 2.24) is 4.98 Å². The van der Waals surface area contributed by atoms with Gasteiger partial charge in [0.2, 0.25) is 5.91 Å². The zero-order valence-electron chi connectivity index (χ0n) is 13.5. The first-order valence-corrected chi connectivity index (χ1v) is 10.3. The summed E-state index contributed by atoms with van der Waals surface area (Å²) in [6, 6.07) is 9.67. The number of rotatable bonds is 5. The number of thiophene rings is 1. The first kappa shape index (κ1) is 17.0. The van der Waals surface area contributed by atoms with Crippen LogP contribution < -0.4 is 4.90 Å². The van der Waals surface area contributed by atoms with Gasteiger partial charge in [0, 0.05) is 11.5 Å². The van der Waals surface area contributed by atoms with E-state index < -0.39 is 0 Å². The molecular weight excluding hydrogens is 376 g/mol. The molecule has 0 bridgehead atoms. The van der Waals surface area contributed by atoms with Crippen LogP contribution in [0.5, 0.6) is 0 Å². The first-order chi connectivity index (χ1) is 12.2. The van der Waals surface area contributed by atoms with Gasteiger partial charge >= 0.3 is 0 Å². The lowest BCUT2D eigenvalue weighted by molar-refractivity contribution is -0.118. The summed E-state index contributed by atoms with van der Waals surface area (Å²) in [5, 5.41) is 3.30. The maximum Gasteiger partial charge on any atom is 0.234 e. The van der Waals surface area contributed by atoms with Crippen LogP contribution >= 0.6 is 34.3 Å². The summed E-state index contributed by atoms with van der Waals surface area (Å²) in [5.74, 6) is 0.0492. The molecule has 1 aliphatic heterocycles. The third-order valence-corrected chi connectivity index (χ3v) is 6.43. The lowest BCUT2D eigenvalue weighted by atomic mass is 10.2. The fourth-order valence-electron chi connectivity index (χ4n) is 2.95. The summed E-state index contributed by atoms with van der Waals surface area (Å²) >= 11 is 9.36. The average molecular weight is 393 g/mol. The monoisotopic (exact) mass is 392 g/mol. The normalized spacial score (nSPS) is 17.2. The Hall–Kier alpha value is -1.47. The smallest absolute Gasteiger partial charge is 0.234 e. The molecule has 1 unspecified atom stereocenters. The number of carbonyl (C=O) groups excluding carboxylic acids is 1. The van der Waals surface area contributed by atoms with Gasteiger partial charge in [0.1, 0.15) is 5.52 Å². The molecule has 25 heavy (non-hydrogen) atoms. The number of para-hydroxylation sites is 1. The number of amides is 1. The van der Waals surface area contributed by atoms with Crippen LogP contribution in [-0.2, 0) is 16.0 Å². The van der Waals surface area contributed by atoms with E-state index in [0.717, 1.165) is 34.5 Å². The molecule has 3 aromatic rings. The van der Waals surface area contributed by atoms with Crippen LogP contribution in [0.1, 0.15) is 17.7 Å². The summed E-state index contributed by atoms with van der Waals surface area (Å²) in [4.78, 5) is 20.4. The third kappa shape index (κ3) is 3.72. The van der Waals surface area contributed by atoms with E-state index >= 15 is 0 Å². The first-order valence-electron chi connectivity index (χ1n) is 8.20. The quantitative estimate of drug-likeness (QED) is 0.628. The largest absolute Gasteiger partial charge is 0.376 e. The second-order valence-corrected chi connectivity index (χ2v) is 8.43. The van der Waals surface area contributed by atoms with Gasteiger partial charge in [0.15, 0.2) is 5.13 Å². The third-order valence-electron chi connectivity index (χ3n) is 4.21. The predicted octanol–water partition coefficient (Wildman–Crippen LogP) is 4.77. The van der Waals surface area contributed by atoms with Gasteiger partial charge in [-0.3, -0.25) is 9.69 Å². The van der Waals surface area contributed by atoms with E-state index in [1.807, 2.05) is 35.7 Å². The van der Waals surface area contributed by atoms with Crippen molar-refractivity contribution < 1.29 is 9.53 Å². The summed E-state index contributed by atoms with van der Waals surface area (Å²) in [5.41, 5.74) is 0.755. The van der Waals surface area contributed by atoms with Gasteiger partial charge < -0.3 is 4.74 Å². The Morgan fingerprint density at radius 2 is 2.28 bits per heavy atom. The Kier molecular flexibility index (Phi) is 5.03. The van der Waals surface area contributed by atoms with Crippen molar-refractivity contribution in [2.24, 2.45) is 0 Å². The van der Waals surface area contributed by atoms with Crippen molar-refractivity contribution in [2.75, 3.05) is 18.1 Å². The van der Waals surface area contributed by atoms with Crippen LogP contribution in [-0.4, -0.2) is 30.1 Å². The standard InChI is InChI=1S/C18H17ClN2O2S2/c19-14-6-1-7-15-17(14)20-18(25-15)21(11-12-4-2-8-23-12)16(22)10-13-5-3-9-24-13/h1,3,5-7,9,12H,2,4,8,10-11H2. The Morgan fingerprint density at radius 1 is 1.36 bits per heavy atom. The molecule has 2 aromatic heterocycles. The number of carbonyl (C=O) groups is 1. The average Bonchev–Trinajstić information content (AvgIpc) is 3.34. The second kappa shape index (κ2) is 7.41. The Bertz CT molecular complexity index is 872. The molecule has 0 aliphatic carbocycles. The number of hydrogen-bond donors (Lipinski definition) is 0. The molecular formula is C18H17ClN2O2S2. The van der Waals surface area contributed by atoms with Gasteiger partial charge in [-0.15, -0.1) is 11.3 Å². The molecule has 3 heterocycles. The van der Waals surface area contributed by atoms with Crippen molar-refractivity contribution in [3.8, 4) is 0 Å². The van der Waals surface area contributed by atoms with E-state index in [9.17, 15) is 4.79 Å². The van der Waals surface area contributed by atoms with Gasteiger partial charge in [0.05, 0.1) is 28.8 Å². The van der Waals surface area contributed by atoms with E-state index in [1.54, 1.807) is 16.2 Å². The van der Waals surface area contributed by atoms with Crippen molar-refractivity contribution in [2.45, 2.75) is 25.4 Å². The number of benzene rings is 1. The number of fused-ring (bicyclic) bond motifs is 1. The van der Waals surface area contributed by atoms with E-state index in [4.69, 9.17) is 16.3 Å². The molecule has 1 atom stereocenters. The summed E-state index contributed by atoms with van der Waals surface area (Å²) in [6.45, 7) is 1.31. The molecule has 4 nitrogen and oxygen atoms in total. The molecule has 4 rings (SSSR count). The fourth-order valence-corrected chi connectivity index (χ4v) is 4.94. The molecule has 1 aromatic carbocycles. The van der Waals surface area contributed by atoms with E-state index in [0.29, 0.717) is 23.1 Å². The maximum absolute atomic E-state index is 13.0. The Labute approximate surface area is 159 Å². The number of anilines is 1. The van der Waals surface area contributed by atoms with Crippen LogP contribution in [0.15, 0.2) is 35.7 Å². The summed E-state index contributed by atoms with van der Waals surface area (Å²) in [7, 11) is 0. The molecule has 1 aliphatic rings. The van der Waals surface area contributed by atoms with Gasteiger partial charge in [-0.1, -0.05) is 35.1 Å². The van der Waals surface area contributed by atoms with Crippen LogP contribution in [0.25, 0.3) is 10.2 Å². The lowest BCUT2D eigenvalue weighted by Crippen LogP contribution is -2.38. The van der Waals surface area contributed by atoms with E-state index in [1.165, 1.54) is 11.3 Å². The molecule has 0 N–H and O–H groups in total. The number of hydrogen-bond acceptors (Lipinski definition) is 5. The zero-order chi connectivity index (χ0) is 17.2. The summed E-state index contributed by atoms with van der Waals surface area (Å²) in [6.07, 6.45) is 2.49. The van der Waals surface area contributed by atoms with Crippen LogP contribution in [0.3, 0.4) is 0 Å². The molecule has 7 heteroatoms. The zero-order valence-corrected chi connectivity index (χ0v) is 15.9. The minimum atomic E-state index is 0.0492. The van der Waals surface area contributed by atoms with Gasteiger partial charge in [-0.25, -0.2) is 4.98 Å². The minimum absolute atomic E-state index is 0.0492. The molecule has 1 saturated heterocycles. The van der Waals surface area contributed by atoms with Crippen LogP contribution in [0.4, 0.5) is 5.13 Å². The van der Waals surface area contributed by atoms with Crippen molar-refractivity contribution in [3.63, 3.8) is 0 Å². The van der Waals surface area contributed by atoms with Gasteiger partial charge in [-0.05, 0) is 36.4 Å². The fraction of sp³-hybridized carbons (Fsp3) is 0.333. The molecule has 1 amide bonds. The topological polar surface area (TPSA) is 42.4 Å². The van der Waals surface area contributed by atoms with Crippen LogP contribution in [0, 0.1) is 0 Å². The molecule has 0 radical (unpaired) electrons.